The van der Waals surface area contributed by atoms with E-state index >= 15 is 0 Å². The second-order valence-corrected chi connectivity index (χ2v) is 8.20. The van der Waals surface area contributed by atoms with Gasteiger partial charge in [-0.25, -0.2) is 17.8 Å². The summed E-state index contributed by atoms with van der Waals surface area (Å²) in [5, 5.41) is 0.371. The quantitative estimate of drug-likeness (QED) is 0.868. The predicted molar refractivity (Wildman–Crippen MR) is 85.3 cm³/mol. The van der Waals surface area contributed by atoms with Crippen molar-refractivity contribution in [1.29, 1.82) is 0 Å². The van der Waals surface area contributed by atoms with Crippen LogP contribution in [0.4, 0.5) is 9.52 Å². The molecule has 7 heteroatoms. The van der Waals surface area contributed by atoms with Gasteiger partial charge in [0.25, 0.3) is 10.0 Å². The van der Waals surface area contributed by atoms with Crippen molar-refractivity contribution in [3.8, 4) is 0 Å². The Morgan fingerprint density at radius 3 is 2.82 bits per heavy atom. The average molecular weight is 340 g/mol. The van der Waals surface area contributed by atoms with Crippen molar-refractivity contribution in [2.45, 2.75) is 43.9 Å². The van der Waals surface area contributed by atoms with E-state index in [9.17, 15) is 12.8 Å². The highest BCUT2D eigenvalue weighted by Crippen LogP contribution is 2.30. The van der Waals surface area contributed by atoms with Crippen LogP contribution in [0.25, 0.3) is 0 Å². The Bertz CT molecular complexity index is 776. The van der Waals surface area contributed by atoms with Crippen molar-refractivity contribution in [1.82, 2.24) is 4.98 Å². The van der Waals surface area contributed by atoms with E-state index in [1.165, 1.54) is 29.9 Å². The highest BCUT2D eigenvalue weighted by molar-refractivity contribution is 7.93. The van der Waals surface area contributed by atoms with E-state index in [0.29, 0.717) is 10.7 Å². The first-order valence-electron chi connectivity index (χ1n) is 7.23. The van der Waals surface area contributed by atoms with Gasteiger partial charge in [-0.15, -0.1) is 11.3 Å². The molecule has 1 heterocycles. The number of aromatic nitrogens is 1. The largest absolute Gasteiger partial charge is 0.264 e. The van der Waals surface area contributed by atoms with Gasteiger partial charge < -0.3 is 0 Å². The fourth-order valence-electron chi connectivity index (χ4n) is 2.61. The molecule has 0 bridgehead atoms. The summed E-state index contributed by atoms with van der Waals surface area (Å²) in [5.41, 5.74) is 1.50. The van der Waals surface area contributed by atoms with E-state index < -0.39 is 15.8 Å². The summed E-state index contributed by atoms with van der Waals surface area (Å²) in [6, 6.07) is 3.75. The lowest BCUT2D eigenvalue weighted by molar-refractivity contribution is 0.594. The standard InChI is InChI=1S/C15H17FN2O2S2/c1-10-7-8-11(16)9-14(10)22(19,20)18-15-17-12-5-3-2-4-6-13(12)21-15/h7-9H,2-6H2,1H3,(H,17,18). The summed E-state index contributed by atoms with van der Waals surface area (Å²) >= 11 is 1.39. The van der Waals surface area contributed by atoms with Gasteiger partial charge in [-0.05, 0) is 50.3 Å². The topological polar surface area (TPSA) is 59.1 Å². The third-order valence-electron chi connectivity index (χ3n) is 3.76. The summed E-state index contributed by atoms with van der Waals surface area (Å²) < 4.78 is 40.7. The lowest BCUT2D eigenvalue weighted by atomic mass is 10.2. The molecule has 22 heavy (non-hydrogen) atoms. The van der Waals surface area contributed by atoms with Gasteiger partial charge in [0.1, 0.15) is 5.82 Å². The van der Waals surface area contributed by atoms with Crippen molar-refractivity contribution in [3.05, 3.63) is 40.2 Å². The lowest BCUT2D eigenvalue weighted by Gasteiger charge is -2.08. The van der Waals surface area contributed by atoms with Crippen LogP contribution >= 0.6 is 11.3 Å². The van der Waals surface area contributed by atoms with Gasteiger partial charge in [0, 0.05) is 4.88 Å². The second kappa shape index (κ2) is 5.96. The Labute approximate surface area is 133 Å². The minimum absolute atomic E-state index is 0.0436. The minimum Gasteiger partial charge on any atom is -0.255 e. The number of anilines is 1. The Hall–Kier alpha value is -1.47. The van der Waals surface area contributed by atoms with Gasteiger partial charge in [-0.1, -0.05) is 12.5 Å². The number of aryl methyl sites for hydroxylation is 3. The number of sulfonamides is 1. The number of hydrogen-bond acceptors (Lipinski definition) is 4. The summed E-state index contributed by atoms with van der Waals surface area (Å²) in [6.45, 7) is 1.64. The average Bonchev–Trinajstić information content (AvgIpc) is 2.69. The fraction of sp³-hybridized carbons (Fsp3) is 0.400. The molecule has 0 amide bonds. The number of rotatable bonds is 3. The number of benzene rings is 1. The van der Waals surface area contributed by atoms with Crippen molar-refractivity contribution in [2.75, 3.05) is 4.72 Å². The van der Waals surface area contributed by atoms with Crippen LogP contribution in [0, 0.1) is 12.7 Å². The van der Waals surface area contributed by atoms with Crippen molar-refractivity contribution >= 4 is 26.5 Å². The molecule has 0 radical (unpaired) electrons. The molecular weight excluding hydrogens is 323 g/mol. The number of fused-ring (bicyclic) bond motifs is 1. The maximum Gasteiger partial charge on any atom is 0.264 e. The first-order chi connectivity index (χ1) is 10.5. The van der Waals surface area contributed by atoms with Gasteiger partial charge >= 0.3 is 0 Å². The zero-order chi connectivity index (χ0) is 15.7. The van der Waals surface area contributed by atoms with Gasteiger partial charge in [0.2, 0.25) is 0 Å². The first kappa shape index (κ1) is 15.4. The Morgan fingerprint density at radius 1 is 1.23 bits per heavy atom. The summed E-state index contributed by atoms with van der Waals surface area (Å²) in [4.78, 5) is 5.52. The van der Waals surface area contributed by atoms with Crippen LogP contribution < -0.4 is 4.72 Å². The molecular formula is C15H17FN2O2S2. The van der Waals surface area contributed by atoms with Crippen LogP contribution in [0.1, 0.15) is 35.4 Å². The molecule has 0 fully saturated rings. The lowest BCUT2D eigenvalue weighted by Crippen LogP contribution is -2.14. The van der Waals surface area contributed by atoms with E-state index in [-0.39, 0.29) is 4.90 Å². The van der Waals surface area contributed by atoms with Crippen LogP contribution in [-0.2, 0) is 22.9 Å². The summed E-state index contributed by atoms with van der Waals surface area (Å²) in [6.07, 6.45) is 5.24. The molecule has 1 aromatic carbocycles. The molecule has 1 aliphatic rings. The molecule has 1 aliphatic carbocycles. The number of nitrogens with zero attached hydrogens (tertiary/aromatic N) is 1. The Balaban J connectivity index is 1.90. The second-order valence-electron chi connectivity index (χ2n) is 5.46. The van der Waals surface area contributed by atoms with Crippen LogP contribution in [0.15, 0.2) is 23.1 Å². The maximum atomic E-state index is 13.3. The van der Waals surface area contributed by atoms with E-state index in [2.05, 4.69) is 9.71 Å². The highest BCUT2D eigenvalue weighted by atomic mass is 32.2. The normalized spacial score (nSPS) is 15.2. The maximum absolute atomic E-state index is 13.3. The Kier molecular flexibility index (Phi) is 4.18. The monoisotopic (exact) mass is 340 g/mol. The minimum atomic E-state index is -3.82. The zero-order valence-corrected chi connectivity index (χ0v) is 13.9. The molecule has 0 aliphatic heterocycles. The van der Waals surface area contributed by atoms with E-state index in [4.69, 9.17) is 0 Å². The van der Waals surface area contributed by atoms with E-state index in [1.807, 2.05) is 0 Å². The molecule has 0 saturated heterocycles. The van der Waals surface area contributed by atoms with Crippen LogP contribution in [-0.4, -0.2) is 13.4 Å². The third-order valence-corrected chi connectivity index (χ3v) is 6.44. The smallest absolute Gasteiger partial charge is 0.255 e. The fourth-order valence-corrected chi connectivity index (χ4v) is 5.15. The van der Waals surface area contributed by atoms with E-state index in [0.717, 1.165) is 42.3 Å². The Morgan fingerprint density at radius 2 is 2.00 bits per heavy atom. The van der Waals surface area contributed by atoms with Crippen molar-refractivity contribution in [3.63, 3.8) is 0 Å². The van der Waals surface area contributed by atoms with Gasteiger partial charge in [-0.2, -0.15) is 0 Å². The SMILES string of the molecule is Cc1ccc(F)cc1S(=O)(=O)Nc1nc2c(s1)CCCCC2. The molecule has 0 unspecified atom stereocenters. The number of hydrogen-bond donors (Lipinski definition) is 1. The highest BCUT2D eigenvalue weighted by Gasteiger charge is 2.21. The van der Waals surface area contributed by atoms with Crippen LogP contribution in [0.3, 0.4) is 0 Å². The summed E-state index contributed by atoms with van der Waals surface area (Å²) in [5.74, 6) is -0.569. The number of halogens is 1. The molecule has 1 aromatic heterocycles. The molecule has 1 N–H and O–H groups in total. The zero-order valence-electron chi connectivity index (χ0n) is 12.2. The molecule has 3 rings (SSSR count). The van der Waals surface area contributed by atoms with E-state index in [1.54, 1.807) is 6.92 Å². The third kappa shape index (κ3) is 3.15. The molecule has 118 valence electrons. The molecule has 0 atom stereocenters. The number of nitrogens with one attached hydrogen (secondary N) is 1. The number of thiazole rings is 1. The van der Waals surface area contributed by atoms with Crippen LogP contribution in [0.2, 0.25) is 0 Å². The van der Waals surface area contributed by atoms with Gasteiger partial charge in [0.05, 0.1) is 10.6 Å². The first-order valence-corrected chi connectivity index (χ1v) is 9.53. The van der Waals surface area contributed by atoms with Crippen LogP contribution in [0.5, 0.6) is 0 Å². The molecule has 4 nitrogen and oxygen atoms in total. The summed E-state index contributed by atoms with van der Waals surface area (Å²) in [7, 11) is -3.82. The van der Waals surface area contributed by atoms with Crippen molar-refractivity contribution < 1.29 is 12.8 Å². The predicted octanol–water partition coefficient (Wildman–Crippen LogP) is 3.66. The van der Waals surface area contributed by atoms with Gasteiger partial charge in [-0.3, -0.25) is 4.72 Å². The molecule has 2 aromatic rings. The van der Waals surface area contributed by atoms with Gasteiger partial charge in [0.15, 0.2) is 5.13 Å². The molecule has 0 spiro atoms. The molecule has 0 saturated carbocycles. The van der Waals surface area contributed by atoms with Crippen molar-refractivity contribution in [2.24, 2.45) is 0 Å².